The first-order chi connectivity index (χ1) is 10.0. The van der Waals surface area contributed by atoms with Crippen LogP contribution in [-0.4, -0.2) is 22.6 Å². The number of rotatable bonds is 6. The minimum Gasteiger partial charge on any atom is -0.497 e. The Kier molecular flexibility index (Phi) is 4.54. The monoisotopic (exact) mass is 310 g/mol. The SMILES string of the molecule is COc1ccc(OS(=O)(=O)Oc2ccc(OC)cc2)cc1. The minimum atomic E-state index is -4.21. The average Bonchev–Trinajstić information content (AvgIpc) is 2.48. The van der Waals surface area contributed by atoms with Gasteiger partial charge in [-0.25, -0.2) is 0 Å². The van der Waals surface area contributed by atoms with Crippen LogP contribution < -0.4 is 17.8 Å². The van der Waals surface area contributed by atoms with Crippen molar-refractivity contribution < 1.29 is 26.3 Å². The van der Waals surface area contributed by atoms with Crippen molar-refractivity contribution in [3.05, 3.63) is 48.5 Å². The molecule has 0 fully saturated rings. The van der Waals surface area contributed by atoms with Crippen molar-refractivity contribution in [2.45, 2.75) is 0 Å². The highest BCUT2D eigenvalue weighted by Crippen LogP contribution is 2.22. The zero-order valence-electron chi connectivity index (χ0n) is 11.5. The first kappa shape index (κ1) is 15.0. The van der Waals surface area contributed by atoms with Crippen LogP contribution >= 0.6 is 0 Å². The van der Waals surface area contributed by atoms with E-state index in [1.807, 2.05) is 0 Å². The Hall–Kier alpha value is -2.41. The van der Waals surface area contributed by atoms with Crippen molar-refractivity contribution in [3.8, 4) is 23.0 Å². The molecule has 2 rings (SSSR count). The standard InChI is InChI=1S/C14H14O6S/c1-17-11-3-7-13(8-4-11)19-21(15,16)20-14-9-5-12(18-2)6-10-14/h3-10H,1-2H3. The van der Waals surface area contributed by atoms with Crippen LogP contribution in [-0.2, 0) is 10.4 Å². The van der Waals surface area contributed by atoms with Gasteiger partial charge in [0.05, 0.1) is 14.2 Å². The summed E-state index contributed by atoms with van der Waals surface area (Å²) in [7, 11) is -1.18. The Morgan fingerprint density at radius 2 is 0.905 bits per heavy atom. The predicted molar refractivity (Wildman–Crippen MR) is 76.2 cm³/mol. The van der Waals surface area contributed by atoms with Gasteiger partial charge in [0.25, 0.3) is 0 Å². The highest BCUT2D eigenvalue weighted by atomic mass is 32.3. The number of ether oxygens (including phenoxy) is 2. The number of methoxy groups -OCH3 is 2. The molecule has 0 atom stereocenters. The van der Waals surface area contributed by atoms with E-state index in [-0.39, 0.29) is 11.5 Å². The van der Waals surface area contributed by atoms with Gasteiger partial charge in [-0.2, -0.15) is 0 Å². The van der Waals surface area contributed by atoms with Gasteiger partial charge in [-0.15, -0.1) is 8.42 Å². The second-order valence-electron chi connectivity index (χ2n) is 3.93. The van der Waals surface area contributed by atoms with Gasteiger partial charge >= 0.3 is 10.4 Å². The molecular formula is C14H14O6S. The second-order valence-corrected chi connectivity index (χ2v) is 5.08. The fraction of sp³-hybridized carbons (Fsp3) is 0.143. The highest BCUT2D eigenvalue weighted by molar-refractivity contribution is 7.82. The molecule has 0 heterocycles. The Balaban J connectivity index is 2.06. The van der Waals surface area contributed by atoms with Crippen LogP contribution in [0.4, 0.5) is 0 Å². The fourth-order valence-electron chi connectivity index (χ4n) is 1.52. The predicted octanol–water partition coefficient (Wildman–Crippen LogP) is 2.41. The van der Waals surface area contributed by atoms with Crippen molar-refractivity contribution in [2.75, 3.05) is 14.2 Å². The molecule has 0 bridgehead atoms. The van der Waals surface area contributed by atoms with Crippen molar-refractivity contribution in [2.24, 2.45) is 0 Å². The lowest BCUT2D eigenvalue weighted by Crippen LogP contribution is -2.16. The molecule has 0 saturated carbocycles. The molecule has 0 amide bonds. The van der Waals surface area contributed by atoms with E-state index >= 15 is 0 Å². The summed E-state index contributed by atoms with van der Waals surface area (Å²) < 4.78 is 43.1. The second kappa shape index (κ2) is 6.36. The average molecular weight is 310 g/mol. The van der Waals surface area contributed by atoms with E-state index < -0.39 is 10.4 Å². The summed E-state index contributed by atoms with van der Waals surface area (Å²) in [5.74, 6) is 1.44. The van der Waals surface area contributed by atoms with Crippen molar-refractivity contribution in [1.29, 1.82) is 0 Å². The summed E-state index contributed by atoms with van der Waals surface area (Å²) in [6, 6.07) is 12.2. The maximum atomic E-state index is 11.8. The third-order valence-corrected chi connectivity index (χ3v) is 3.31. The number of hydrogen-bond donors (Lipinski definition) is 0. The van der Waals surface area contributed by atoms with Crippen molar-refractivity contribution in [1.82, 2.24) is 0 Å². The molecule has 0 aliphatic carbocycles. The lowest BCUT2D eigenvalue weighted by Gasteiger charge is -2.08. The molecule has 0 N–H and O–H groups in total. The fourth-order valence-corrected chi connectivity index (χ4v) is 2.24. The summed E-state index contributed by atoms with van der Waals surface area (Å²) in [6.45, 7) is 0. The smallest absolute Gasteiger partial charge is 0.497 e. The van der Waals surface area contributed by atoms with Crippen LogP contribution in [0.3, 0.4) is 0 Å². The Morgan fingerprint density at radius 1 is 0.619 bits per heavy atom. The maximum absolute atomic E-state index is 11.8. The topological polar surface area (TPSA) is 71.1 Å². The third kappa shape index (κ3) is 4.28. The van der Waals surface area contributed by atoms with Gasteiger partial charge in [0, 0.05) is 0 Å². The molecule has 0 spiro atoms. The number of benzene rings is 2. The van der Waals surface area contributed by atoms with Crippen LogP contribution in [0.15, 0.2) is 48.5 Å². The summed E-state index contributed by atoms with van der Waals surface area (Å²) in [5, 5.41) is 0. The van der Waals surface area contributed by atoms with Gasteiger partial charge in [-0.1, -0.05) is 0 Å². The largest absolute Gasteiger partial charge is 0.500 e. The summed E-state index contributed by atoms with van der Waals surface area (Å²) in [4.78, 5) is 0. The molecule has 112 valence electrons. The van der Waals surface area contributed by atoms with Crippen LogP contribution in [0.2, 0.25) is 0 Å². The van der Waals surface area contributed by atoms with Gasteiger partial charge in [0.1, 0.15) is 23.0 Å². The molecular weight excluding hydrogens is 296 g/mol. The van der Waals surface area contributed by atoms with E-state index in [2.05, 4.69) is 0 Å². The van der Waals surface area contributed by atoms with Crippen LogP contribution in [0.25, 0.3) is 0 Å². The lowest BCUT2D eigenvalue weighted by atomic mass is 10.3. The lowest BCUT2D eigenvalue weighted by molar-refractivity contribution is 0.388. The summed E-state index contributed by atoms with van der Waals surface area (Å²) in [5.41, 5.74) is 0. The number of hydrogen-bond acceptors (Lipinski definition) is 6. The molecule has 0 unspecified atom stereocenters. The summed E-state index contributed by atoms with van der Waals surface area (Å²) >= 11 is 0. The van der Waals surface area contributed by atoms with E-state index in [1.165, 1.54) is 38.5 Å². The van der Waals surface area contributed by atoms with Crippen molar-refractivity contribution in [3.63, 3.8) is 0 Å². The highest BCUT2D eigenvalue weighted by Gasteiger charge is 2.15. The first-order valence-electron chi connectivity index (χ1n) is 5.94. The molecule has 6 nitrogen and oxygen atoms in total. The quantitative estimate of drug-likeness (QED) is 0.816. The molecule has 2 aromatic carbocycles. The van der Waals surface area contributed by atoms with E-state index in [0.717, 1.165) is 0 Å². The van der Waals surface area contributed by atoms with Crippen LogP contribution in [0.5, 0.6) is 23.0 Å². The molecule has 21 heavy (non-hydrogen) atoms. The maximum Gasteiger partial charge on any atom is 0.500 e. The Bertz CT molecular complexity index is 621. The van der Waals surface area contributed by atoms with E-state index in [4.69, 9.17) is 17.8 Å². The van der Waals surface area contributed by atoms with Gasteiger partial charge in [-0.05, 0) is 48.5 Å². The van der Waals surface area contributed by atoms with E-state index in [0.29, 0.717) is 11.5 Å². The molecule has 0 aliphatic rings. The third-order valence-electron chi connectivity index (χ3n) is 2.52. The molecule has 0 radical (unpaired) electrons. The van der Waals surface area contributed by atoms with Gasteiger partial charge in [0.2, 0.25) is 0 Å². The molecule has 0 aliphatic heterocycles. The molecule has 0 aromatic heterocycles. The zero-order chi connectivity index (χ0) is 15.3. The normalized spacial score (nSPS) is 10.8. The van der Waals surface area contributed by atoms with Gasteiger partial charge in [0.15, 0.2) is 0 Å². The zero-order valence-corrected chi connectivity index (χ0v) is 12.3. The molecule has 0 saturated heterocycles. The Morgan fingerprint density at radius 3 is 1.19 bits per heavy atom. The molecule has 2 aromatic rings. The minimum absolute atomic E-state index is 0.129. The van der Waals surface area contributed by atoms with Gasteiger partial charge in [-0.3, -0.25) is 0 Å². The van der Waals surface area contributed by atoms with Crippen LogP contribution in [0.1, 0.15) is 0 Å². The van der Waals surface area contributed by atoms with Crippen LogP contribution in [0, 0.1) is 0 Å². The van der Waals surface area contributed by atoms with E-state index in [9.17, 15) is 8.42 Å². The summed E-state index contributed by atoms with van der Waals surface area (Å²) in [6.07, 6.45) is 0. The first-order valence-corrected chi connectivity index (χ1v) is 7.28. The molecule has 7 heteroatoms. The Labute approximate surface area is 123 Å². The van der Waals surface area contributed by atoms with Gasteiger partial charge < -0.3 is 17.8 Å². The van der Waals surface area contributed by atoms with Crippen molar-refractivity contribution >= 4 is 10.4 Å². The van der Waals surface area contributed by atoms with E-state index in [1.54, 1.807) is 24.3 Å².